The van der Waals surface area contributed by atoms with Crippen LogP contribution in [0.5, 0.6) is 0 Å². The number of hydrogen-bond acceptors (Lipinski definition) is 4. The molecule has 0 spiro atoms. The predicted molar refractivity (Wildman–Crippen MR) is 86.6 cm³/mol. The van der Waals surface area contributed by atoms with Crippen molar-refractivity contribution in [2.75, 3.05) is 0 Å². The molecule has 4 nitrogen and oxygen atoms in total. The summed E-state index contributed by atoms with van der Waals surface area (Å²) in [4.78, 5) is 28.6. The Hall–Kier alpha value is -2.49. The second-order valence-corrected chi connectivity index (χ2v) is 5.94. The number of fused-ring (bicyclic) bond motifs is 1. The number of ether oxygens (including phenoxy) is 1. The summed E-state index contributed by atoms with van der Waals surface area (Å²) in [6.45, 7) is 3.45. The highest BCUT2D eigenvalue weighted by Gasteiger charge is 2.22. The Morgan fingerprint density at radius 1 is 1.09 bits per heavy atom. The van der Waals surface area contributed by atoms with Crippen LogP contribution in [0.15, 0.2) is 36.5 Å². The van der Waals surface area contributed by atoms with Crippen molar-refractivity contribution in [1.82, 2.24) is 4.98 Å². The van der Waals surface area contributed by atoms with Crippen LogP contribution in [0, 0.1) is 6.92 Å². The van der Waals surface area contributed by atoms with Crippen LogP contribution in [0.25, 0.3) is 0 Å². The van der Waals surface area contributed by atoms with Crippen molar-refractivity contribution in [2.45, 2.75) is 39.2 Å². The molecule has 4 heteroatoms. The van der Waals surface area contributed by atoms with Crippen molar-refractivity contribution in [3.05, 3.63) is 64.5 Å². The lowest BCUT2D eigenvalue weighted by molar-refractivity contribution is 0.0318. The number of aryl methyl sites for hydroxylation is 3. The van der Waals surface area contributed by atoms with Gasteiger partial charge >= 0.3 is 5.97 Å². The predicted octanol–water partition coefficient (Wildman–Crippen LogP) is 3.31. The van der Waals surface area contributed by atoms with Gasteiger partial charge in [-0.15, -0.1) is 0 Å². The topological polar surface area (TPSA) is 56.3 Å². The fourth-order valence-electron chi connectivity index (χ4n) is 2.83. The first-order valence-electron chi connectivity index (χ1n) is 7.84. The number of carbonyl (C=O) groups is 2. The SMILES string of the molecule is Cc1ccc(C(=O)O[C@@H](C)C(=O)c2ccc3c(c2)CCC3)cn1. The Balaban J connectivity index is 1.70. The monoisotopic (exact) mass is 309 g/mol. The van der Waals surface area contributed by atoms with E-state index in [1.54, 1.807) is 19.1 Å². The van der Waals surface area contributed by atoms with Crippen molar-refractivity contribution < 1.29 is 14.3 Å². The van der Waals surface area contributed by atoms with Gasteiger partial charge in [0.25, 0.3) is 0 Å². The third-order valence-electron chi connectivity index (χ3n) is 4.18. The average molecular weight is 309 g/mol. The fraction of sp³-hybridized carbons (Fsp3) is 0.316. The largest absolute Gasteiger partial charge is 0.451 e. The third kappa shape index (κ3) is 3.31. The van der Waals surface area contributed by atoms with Crippen molar-refractivity contribution in [3.63, 3.8) is 0 Å². The van der Waals surface area contributed by atoms with Gasteiger partial charge < -0.3 is 4.74 Å². The summed E-state index contributed by atoms with van der Waals surface area (Å²) in [5, 5.41) is 0. The summed E-state index contributed by atoms with van der Waals surface area (Å²) >= 11 is 0. The zero-order valence-electron chi connectivity index (χ0n) is 13.3. The fourth-order valence-corrected chi connectivity index (χ4v) is 2.83. The zero-order chi connectivity index (χ0) is 16.4. The summed E-state index contributed by atoms with van der Waals surface area (Å²) in [5.41, 5.74) is 4.33. The lowest BCUT2D eigenvalue weighted by Crippen LogP contribution is -2.24. The van der Waals surface area contributed by atoms with E-state index in [-0.39, 0.29) is 5.78 Å². The van der Waals surface area contributed by atoms with Gasteiger partial charge in [-0.3, -0.25) is 9.78 Å². The van der Waals surface area contributed by atoms with E-state index in [4.69, 9.17) is 4.74 Å². The summed E-state index contributed by atoms with van der Waals surface area (Å²) in [5.74, 6) is -0.701. The molecule has 2 aromatic rings. The Bertz CT molecular complexity index is 750. The molecule has 0 unspecified atom stereocenters. The van der Waals surface area contributed by atoms with Crippen molar-refractivity contribution in [3.8, 4) is 0 Å². The van der Waals surface area contributed by atoms with Crippen molar-refractivity contribution in [2.24, 2.45) is 0 Å². The maximum absolute atomic E-state index is 12.5. The first-order valence-corrected chi connectivity index (χ1v) is 7.84. The lowest BCUT2D eigenvalue weighted by Gasteiger charge is -2.13. The van der Waals surface area contributed by atoms with Crippen LogP contribution >= 0.6 is 0 Å². The number of Topliss-reactive ketones (excluding diaryl/α,β-unsaturated/α-hetero) is 1. The van der Waals surface area contributed by atoms with Crippen LogP contribution in [0.4, 0.5) is 0 Å². The van der Waals surface area contributed by atoms with Gasteiger partial charge in [0.2, 0.25) is 5.78 Å². The van der Waals surface area contributed by atoms with E-state index >= 15 is 0 Å². The van der Waals surface area contributed by atoms with E-state index < -0.39 is 12.1 Å². The molecular formula is C19H19NO3. The van der Waals surface area contributed by atoms with E-state index in [0.717, 1.165) is 25.0 Å². The Morgan fingerprint density at radius 3 is 2.57 bits per heavy atom. The van der Waals surface area contributed by atoms with Crippen LogP contribution in [0.2, 0.25) is 0 Å². The van der Waals surface area contributed by atoms with Gasteiger partial charge in [-0.1, -0.05) is 12.1 Å². The maximum Gasteiger partial charge on any atom is 0.340 e. The molecule has 1 aliphatic carbocycles. The quantitative estimate of drug-likeness (QED) is 0.642. The number of ketones is 1. The first-order chi connectivity index (χ1) is 11.0. The average Bonchev–Trinajstić information content (AvgIpc) is 3.02. The molecule has 1 atom stereocenters. The zero-order valence-corrected chi connectivity index (χ0v) is 13.3. The molecule has 118 valence electrons. The van der Waals surface area contributed by atoms with Crippen LogP contribution in [0.3, 0.4) is 0 Å². The third-order valence-corrected chi connectivity index (χ3v) is 4.18. The highest BCUT2D eigenvalue weighted by molar-refractivity contribution is 6.01. The molecule has 0 bridgehead atoms. The molecule has 1 aliphatic rings. The number of aromatic nitrogens is 1. The highest BCUT2D eigenvalue weighted by Crippen LogP contribution is 2.23. The number of pyridine rings is 1. The number of nitrogens with zero attached hydrogens (tertiary/aromatic N) is 1. The van der Waals surface area contributed by atoms with Gasteiger partial charge in [0.1, 0.15) is 0 Å². The molecule has 0 saturated carbocycles. The first kappa shape index (κ1) is 15.4. The van der Waals surface area contributed by atoms with Crippen LogP contribution in [0.1, 0.15) is 50.9 Å². The van der Waals surface area contributed by atoms with Gasteiger partial charge in [0.15, 0.2) is 6.10 Å². The van der Waals surface area contributed by atoms with Gasteiger partial charge in [-0.25, -0.2) is 4.79 Å². The molecule has 1 aromatic heterocycles. The standard InChI is InChI=1S/C19H19NO3/c1-12-6-7-17(11-20-12)19(22)23-13(2)18(21)16-9-8-14-4-3-5-15(14)10-16/h6-11,13H,3-5H2,1-2H3/t13-/m0/s1. The number of benzene rings is 1. The summed E-state index contributed by atoms with van der Waals surface area (Å²) < 4.78 is 5.28. The Kier molecular flexibility index (Phi) is 4.24. The summed E-state index contributed by atoms with van der Waals surface area (Å²) in [6.07, 6.45) is 3.87. The Labute approximate surface area is 135 Å². The van der Waals surface area contributed by atoms with Gasteiger partial charge in [0, 0.05) is 17.5 Å². The minimum Gasteiger partial charge on any atom is -0.451 e. The molecule has 0 aliphatic heterocycles. The molecule has 1 heterocycles. The minimum atomic E-state index is -0.816. The normalized spacial score (nSPS) is 14.2. The van der Waals surface area contributed by atoms with E-state index in [2.05, 4.69) is 4.98 Å². The van der Waals surface area contributed by atoms with Crippen molar-refractivity contribution >= 4 is 11.8 Å². The van der Waals surface area contributed by atoms with Gasteiger partial charge in [-0.2, -0.15) is 0 Å². The molecule has 0 saturated heterocycles. The molecule has 23 heavy (non-hydrogen) atoms. The second kappa shape index (κ2) is 6.32. The number of esters is 1. The van der Waals surface area contributed by atoms with Gasteiger partial charge in [0.05, 0.1) is 5.56 Å². The second-order valence-electron chi connectivity index (χ2n) is 5.94. The van der Waals surface area contributed by atoms with E-state index in [0.29, 0.717) is 11.1 Å². The number of carbonyl (C=O) groups excluding carboxylic acids is 2. The van der Waals surface area contributed by atoms with Crippen LogP contribution in [-0.4, -0.2) is 22.8 Å². The van der Waals surface area contributed by atoms with E-state index in [1.807, 2.05) is 25.1 Å². The smallest absolute Gasteiger partial charge is 0.340 e. The summed E-state index contributed by atoms with van der Waals surface area (Å²) in [7, 11) is 0. The minimum absolute atomic E-state index is 0.173. The van der Waals surface area contributed by atoms with E-state index in [1.165, 1.54) is 17.3 Å². The van der Waals surface area contributed by atoms with Crippen LogP contribution in [-0.2, 0) is 17.6 Å². The lowest BCUT2D eigenvalue weighted by atomic mass is 10.0. The highest BCUT2D eigenvalue weighted by atomic mass is 16.5. The van der Waals surface area contributed by atoms with Gasteiger partial charge in [-0.05, 0) is 62.4 Å². The summed E-state index contributed by atoms with van der Waals surface area (Å²) in [6, 6.07) is 9.15. The Morgan fingerprint density at radius 2 is 1.83 bits per heavy atom. The van der Waals surface area contributed by atoms with Crippen molar-refractivity contribution in [1.29, 1.82) is 0 Å². The maximum atomic E-state index is 12.5. The van der Waals surface area contributed by atoms with Crippen LogP contribution < -0.4 is 0 Å². The molecule has 3 rings (SSSR count). The number of hydrogen-bond donors (Lipinski definition) is 0. The molecular weight excluding hydrogens is 290 g/mol. The van der Waals surface area contributed by atoms with E-state index in [9.17, 15) is 9.59 Å². The number of rotatable bonds is 4. The molecule has 0 radical (unpaired) electrons. The molecule has 0 amide bonds. The molecule has 0 fully saturated rings. The molecule has 1 aromatic carbocycles. The molecule has 0 N–H and O–H groups in total.